The molecule has 0 spiro atoms. The van der Waals surface area contributed by atoms with Crippen molar-refractivity contribution in [2.24, 2.45) is 5.73 Å². The van der Waals surface area contributed by atoms with Crippen molar-refractivity contribution in [3.8, 4) is 11.5 Å². The summed E-state index contributed by atoms with van der Waals surface area (Å²) >= 11 is 9.44. The van der Waals surface area contributed by atoms with Gasteiger partial charge >= 0.3 is 0 Å². The predicted molar refractivity (Wildman–Crippen MR) is 78.3 cm³/mol. The molecule has 0 aliphatic carbocycles. The number of rotatable bonds is 3. The molecule has 2 nitrogen and oxygen atoms in total. The van der Waals surface area contributed by atoms with E-state index in [0.717, 1.165) is 27.1 Å². The molecule has 2 aromatic carbocycles. The molecule has 4 heteroatoms. The van der Waals surface area contributed by atoms with Crippen LogP contribution in [0.4, 0.5) is 0 Å². The van der Waals surface area contributed by atoms with Gasteiger partial charge < -0.3 is 10.5 Å². The number of halogens is 2. The van der Waals surface area contributed by atoms with Crippen molar-refractivity contribution in [1.29, 1.82) is 0 Å². The maximum absolute atomic E-state index is 5.97. The normalized spacial score (nSPS) is 10.4. The molecule has 0 saturated carbocycles. The van der Waals surface area contributed by atoms with Crippen molar-refractivity contribution >= 4 is 27.5 Å². The summed E-state index contributed by atoms with van der Waals surface area (Å²) in [5.74, 6) is 1.49. The summed E-state index contributed by atoms with van der Waals surface area (Å²) in [6.45, 7) is 2.39. The molecule has 18 heavy (non-hydrogen) atoms. The first-order valence-corrected chi connectivity index (χ1v) is 6.70. The van der Waals surface area contributed by atoms with E-state index in [4.69, 9.17) is 22.1 Å². The van der Waals surface area contributed by atoms with Crippen molar-refractivity contribution in [1.82, 2.24) is 0 Å². The second-order valence-corrected chi connectivity index (χ2v) is 5.22. The van der Waals surface area contributed by atoms with Crippen molar-refractivity contribution in [2.75, 3.05) is 0 Å². The lowest BCUT2D eigenvalue weighted by molar-refractivity contribution is 0.472. The van der Waals surface area contributed by atoms with E-state index in [1.165, 1.54) is 0 Å². The Morgan fingerprint density at radius 2 is 2.00 bits per heavy atom. The standard InChI is InChI=1S/C14H13BrClNO/c1-9-5-6-10(16)7-14(9)18-13-4-2-3-12(15)11(13)8-17/h2-7H,8,17H2,1H3. The molecule has 0 saturated heterocycles. The summed E-state index contributed by atoms with van der Waals surface area (Å²) in [4.78, 5) is 0. The number of nitrogens with two attached hydrogens (primary N) is 1. The topological polar surface area (TPSA) is 35.2 Å². The number of ether oxygens (including phenoxy) is 1. The summed E-state index contributed by atoms with van der Waals surface area (Å²) in [5, 5.41) is 0.653. The Labute approximate surface area is 120 Å². The van der Waals surface area contributed by atoms with Gasteiger partial charge in [-0.15, -0.1) is 0 Å². The Bertz CT molecular complexity index is 572. The van der Waals surface area contributed by atoms with E-state index in [0.29, 0.717) is 11.6 Å². The lowest BCUT2D eigenvalue weighted by Gasteiger charge is -2.13. The van der Waals surface area contributed by atoms with Gasteiger partial charge in [0.1, 0.15) is 11.5 Å². The number of hydrogen-bond acceptors (Lipinski definition) is 2. The number of benzene rings is 2. The van der Waals surface area contributed by atoms with Gasteiger partial charge in [-0.1, -0.05) is 39.7 Å². The highest BCUT2D eigenvalue weighted by molar-refractivity contribution is 9.10. The van der Waals surface area contributed by atoms with Crippen LogP contribution in [0.3, 0.4) is 0 Å². The van der Waals surface area contributed by atoms with Crippen molar-refractivity contribution in [2.45, 2.75) is 13.5 Å². The van der Waals surface area contributed by atoms with Crippen LogP contribution in [-0.2, 0) is 6.54 Å². The Morgan fingerprint density at radius 3 is 2.72 bits per heavy atom. The van der Waals surface area contributed by atoms with E-state index in [-0.39, 0.29) is 0 Å². The molecule has 0 unspecified atom stereocenters. The summed E-state index contributed by atoms with van der Waals surface area (Å²) in [7, 11) is 0. The van der Waals surface area contributed by atoms with Crippen LogP contribution >= 0.6 is 27.5 Å². The molecule has 0 radical (unpaired) electrons. The molecule has 2 N–H and O–H groups in total. The largest absolute Gasteiger partial charge is 0.457 e. The summed E-state index contributed by atoms with van der Waals surface area (Å²) in [6.07, 6.45) is 0. The lowest BCUT2D eigenvalue weighted by atomic mass is 10.2. The fraction of sp³-hybridized carbons (Fsp3) is 0.143. The van der Waals surface area contributed by atoms with Gasteiger partial charge in [0.25, 0.3) is 0 Å². The third-order valence-corrected chi connectivity index (χ3v) is 3.63. The van der Waals surface area contributed by atoms with E-state index < -0.39 is 0 Å². The molecule has 0 aliphatic rings. The fourth-order valence-electron chi connectivity index (χ4n) is 1.63. The van der Waals surface area contributed by atoms with Gasteiger partial charge in [0.05, 0.1) is 0 Å². The number of hydrogen-bond donors (Lipinski definition) is 1. The second kappa shape index (κ2) is 5.74. The van der Waals surface area contributed by atoms with Gasteiger partial charge in [0, 0.05) is 21.6 Å². The minimum absolute atomic E-state index is 0.413. The van der Waals surface area contributed by atoms with E-state index in [2.05, 4.69) is 15.9 Å². The average molecular weight is 327 g/mol. The Kier molecular flexibility index (Phi) is 4.27. The van der Waals surface area contributed by atoms with Crippen LogP contribution in [0.15, 0.2) is 40.9 Å². The Balaban J connectivity index is 2.40. The van der Waals surface area contributed by atoms with Crippen LogP contribution in [0.25, 0.3) is 0 Å². The highest BCUT2D eigenvalue weighted by atomic mass is 79.9. The zero-order chi connectivity index (χ0) is 13.1. The van der Waals surface area contributed by atoms with E-state index in [9.17, 15) is 0 Å². The lowest BCUT2D eigenvalue weighted by Crippen LogP contribution is -2.01. The van der Waals surface area contributed by atoms with Gasteiger partial charge in [-0.3, -0.25) is 0 Å². The van der Waals surface area contributed by atoms with Gasteiger partial charge in [-0.05, 0) is 36.8 Å². The van der Waals surface area contributed by atoms with Gasteiger partial charge in [0.2, 0.25) is 0 Å². The van der Waals surface area contributed by atoms with Gasteiger partial charge in [-0.2, -0.15) is 0 Å². The predicted octanol–water partition coefficient (Wildman–Crippen LogP) is 4.66. The zero-order valence-electron chi connectivity index (χ0n) is 9.91. The molecule has 0 aliphatic heterocycles. The Hall–Kier alpha value is -1.03. The first kappa shape index (κ1) is 13.4. The average Bonchev–Trinajstić information content (AvgIpc) is 2.34. The quantitative estimate of drug-likeness (QED) is 0.890. The molecular formula is C14H13BrClNO. The molecule has 0 fully saturated rings. The van der Waals surface area contributed by atoms with Crippen molar-refractivity contribution < 1.29 is 4.74 Å². The van der Waals surface area contributed by atoms with Gasteiger partial charge in [0.15, 0.2) is 0 Å². The van der Waals surface area contributed by atoms with Crippen LogP contribution in [0.2, 0.25) is 5.02 Å². The molecule has 0 aromatic heterocycles. The van der Waals surface area contributed by atoms with E-state index in [1.807, 2.05) is 37.3 Å². The summed E-state index contributed by atoms with van der Waals surface area (Å²) in [5.41, 5.74) is 7.71. The van der Waals surface area contributed by atoms with Crippen LogP contribution < -0.4 is 10.5 Å². The third kappa shape index (κ3) is 2.86. The molecule has 94 valence electrons. The highest BCUT2D eigenvalue weighted by Crippen LogP contribution is 2.33. The molecular weight excluding hydrogens is 314 g/mol. The first-order valence-electron chi connectivity index (χ1n) is 5.53. The monoisotopic (exact) mass is 325 g/mol. The first-order chi connectivity index (χ1) is 8.61. The second-order valence-electron chi connectivity index (χ2n) is 3.93. The van der Waals surface area contributed by atoms with E-state index in [1.54, 1.807) is 6.07 Å². The molecule has 0 amide bonds. The van der Waals surface area contributed by atoms with Crippen LogP contribution in [0.5, 0.6) is 11.5 Å². The molecule has 2 rings (SSSR count). The van der Waals surface area contributed by atoms with Crippen LogP contribution in [0, 0.1) is 6.92 Å². The molecule has 0 bridgehead atoms. The summed E-state index contributed by atoms with van der Waals surface area (Å²) < 4.78 is 6.84. The summed E-state index contributed by atoms with van der Waals surface area (Å²) in [6, 6.07) is 11.3. The molecule has 0 atom stereocenters. The smallest absolute Gasteiger partial charge is 0.133 e. The third-order valence-electron chi connectivity index (χ3n) is 2.65. The van der Waals surface area contributed by atoms with Crippen LogP contribution in [0.1, 0.15) is 11.1 Å². The SMILES string of the molecule is Cc1ccc(Cl)cc1Oc1cccc(Br)c1CN. The van der Waals surface area contributed by atoms with Gasteiger partial charge in [-0.25, -0.2) is 0 Å². The maximum Gasteiger partial charge on any atom is 0.133 e. The van der Waals surface area contributed by atoms with Crippen molar-refractivity contribution in [3.63, 3.8) is 0 Å². The highest BCUT2D eigenvalue weighted by Gasteiger charge is 2.09. The minimum Gasteiger partial charge on any atom is -0.457 e. The Morgan fingerprint density at radius 1 is 1.22 bits per heavy atom. The van der Waals surface area contributed by atoms with Crippen LogP contribution in [-0.4, -0.2) is 0 Å². The minimum atomic E-state index is 0.413. The van der Waals surface area contributed by atoms with Crippen molar-refractivity contribution in [3.05, 3.63) is 57.0 Å². The zero-order valence-corrected chi connectivity index (χ0v) is 12.3. The number of aryl methyl sites for hydroxylation is 1. The van der Waals surface area contributed by atoms with E-state index >= 15 is 0 Å². The fourth-order valence-corrected chi connectivity index (χ4v) is 2.31. The molecule has 2 aromatic rings. The maximum atomic E-state index is 5.97. The molecule has 0 heterocycles.